The zero-order chi connectivity index (χ0) is 11.6. The molecule has 9 heteroatoms. The summed E-state index contributed by atoms with van der Waals surface area (Å²) in [5.74, 6) is -1.45. The van der Waals surface area contributed by atoms with Crippen molar-refractivity contribution >= 4 is 11.9 Å². The minimum absolute atomic E-state index is 0.0250. The van der Waals surface area contributed by atoms with Crippen molar-refractivity contribution in [2.24, 2.45) is 0 Å². The highest BCUT2D eigenvalue weighted by Gasteiger charge is 2.27. The fourth-order valence-corrected chi connectivity index (χ4v) is 0.896. The molecule has 1 aromatic heterocycles. The van der Waals surface area contributed by atoms with E-state index < -0.39 is 21.7 Å². The van der Waals surface area contributed by atoms with E-state index in [1.165, 1.54) is 0 Å². The molecule has 0 spiro atoms. The Bertz CT molecular complexity index is 437. The molecule has 1 heterocycles. The summed E-state index contributed by atoms with van der Waals surface area (Å²) in [5.41, 5.74) is 0.581. The van der Waals surface area contributed by atoms with Gasteiger partial charge in [-0.05, 0) is 22.3 Å². The van der Waals surface area contributed by atoms with Crippen LogP contribution in [0.4, 0.5) is 11.9 Å². The van der Waals surface area contributed by atoms with Crippen LogP contribution in [-0.4, -0.2) is 24.6 Å². The fraction of sp³-hybridized carbons (Fsp3) is 0.333. The summed E-state index contributed by atoms with van der Waals surface area (Å²) in [6, 6.07) is 0. The van der Waals surface area contributed by atoms with Crippen LogP contribution >= 0.6 is 0 Å². The molecule has 0 aliphatic carbocycles. The molecule has 0 N–H and O–H groups in total. The van der Waals surface area contributed by atoms with Gasteiger partial charge in [0.15, 0.2) is 0 Å². The van der Waals surface area contributed by atoms with E-state index in [2.05, 4.69) is 16.7 Å². The number of aromatic nitrogens is 3. The molecule has 0 saturated heterocycles. The van der Waals surface area contributed by atoms with Gasteiger partial charge in [-0.2, -0.15) is 0 Å². The van der Waals surface area contributed by atoms with Gasteiger partial charge in [-0.15, -0.1) is 0 Å². The van der Waals surface area contributed by atoms with E-state index >= 15 is 0 Å². The lowest BCUT2D eigenvalue weighted by Gasteiger charge is -1.94. The van der Waals surface area contributed by atoms with Crippen molar-refractivity contribution in [3.8, 4) is 0 Å². The van der Waals surface area contributed by atoms with E-state index in [1.54, 1.807) is 6.92 Å². The average molecular weight is 213 g/mol. The third-order valence-corrected chi connectivity index (χ3v) is 1.39. The summed E-state index contributed by atoms with van der Waals surface area (Å²) in [5, 5.41) is 24.1. The Labute approximate surface area is 83.3 Å². The molecule has 0 aromatic carbocycles. The minimum atomic E-state index is -0.887. The van der Waals surface area contributed by atoms with Crippen LogP contribution in [-0.2, 0) is 6.54 Å². The number of hydrogen-bond donors (Lipinski definition) is 0. The first-order chi connectivity index (χ1) is 6.91. The maximum Gasteiger partial charge on any atom is 0.508 e. The molecule has 0 amide bonds. The number of hydrogen-bond acceptors (Lipinski definition) is 6. The predicted octanol–water partition coefficient (Wildman–Crippen LogP) is 0.671. The van der Waals surface area contributed by atoms with E-state index in [1.807, 2.05) is 0 Å². The van der Waals surface area contributed by atoms with Gasteiger partial charge in [0.1, 0.15) is 6.54 Å². The molecule has 0 bridgehead atoms. The first-order valence-corrected chi connectivity index (χ1v) is 3.80. The first kappa shape index (κ1) is 10.8. The normalized spacial score (nSPS) is 9.93. The first-order valence-electron chi connectivity index (χ1n) is 3.80. The van der Waals surface area contributed by atoms with Gasteiger partial charge >= 0.3 is 11.9 Å². The third kappa shape index (κ3) is 2.33. The molecular weight excluding hydrogens is 206 g/mol. The minimum Gasteiger partial charge on any atom is -0.390 e. The smallest absolute Gasteiger partial charge is 0.390 e. The fourth-order valence-electron chi connectivity index (χ4n) is 0.896. The van der Waals surface area contributed by atoms with Crippen molar-refractivity contribution in [2.45, 2.75) is 13.5 Å². The van der Waals surface area contributed by atoms with Crippen molar-refractivity contribution in [2.75, 3.05) is 0 Å². The van der Waals surface area contributed by atoms with Crippen LogP contribution in [0.15, 0.2) is 12.2 Å². The predicted molar refractivity (Wildman–Crippen MR) is 48.1 cm³/mol. The monoisotopic (exact) mass is 213 g/mol. The molecule has 0 saturated carbocycles. The molecule has 80 valence electrons. The van der Waals surface area contributed by atoms with Crippen LogP contribution in [0.3, 0.4) is 0 Å². The van der Waals surface area contributed by atoms with E-state index in [4.69, 9.17) is 0 Å². The largest absolute Gasteiger partial charge is 0.508 e. The van der Waals surface area contributed by atoms with Crippen molar-refractivity contribution in [1.29, 1.82) is 0 Å². The summed E-state index contributed by atoms with van der Waals surface area (Å²) >= 11 is 0. The van der Waals surface area contributed by atoms with Crippen LogP contribution in [0.25, 0.3) is 0 Å². The highest BCUT2D eigenvalue weighted by molar-refractivity contribution is 5.15. The molecule has 0 atom stereocenters. The highest BCUT2D eigenvalue weighted by Crippen LogP contribution is 2.14. The lowest BCUT2D eigenvalue weighted by Crippen LogP contribution is -2.06. The van der Waals surface area contributed by atoms with E-state index in [9.17, 15) is 20.2 Å². The summed E-state index contributed by atoms with van der Waals surface area (Å²) in [6.45, 7) is 5.17. The van der Waals surface area contributed by atoms with Crippen LogP contribution < -0.4 is 0 Å². The molecule has 1 rings (SSSR count). The molecule has 0 radical (unpaired) electrons. The van der Waals surface area contributed by atoms with Gasteiger partial charge in [0, 0.05) is 4.98 Å². The number of allylic oxidation sites excluding steroid dienone is 1. The number of nitro groups is 2. The topological polar surface area (TPSA) is 117 Å². The molecule has 0 unspecified atom stereocenters. The maximum absolute atomic E-state index is 10.5. The molecular formula is C6H7N5O4. The second kappa shape index (κ2) is 3.82. The van der Waals surface area contributed by atoms with Gasteiger partial charge in [-0.3, -0.25) is 0 Å². The van der Waals surface area contributed by atoms with Crippen LogP contribution in [0.5, 0.6) is 0 Å². The van der Waals surface area contributed by atoms with E-state index in [0.717, 1.165) is 4.68 Å². The van der Waals surface area contributed by atoms with Crippen LogP contribution in [0.1, 0.15) is 6.92 Å². The van der Waals surface area contributed by atoms with Gasteiger partial charge in [-0.25, -0.2) is 0 Å². The van der Waals surface area contributed by atoms with Crippen molar-refractivity contribution in [3.63, 3.8) is 0 Å². The molecule has 15 heavy (non-hydrogen) atoms. The van der Waals surface area contributed by atoms with Crippen LogP contribution in [0, 0.1) is 20.2 Å². The van der Waals surface area contributed by atoms with Crippen molar-refractivity contribution in [3.05, 3.63) is 32.4 Å². The van der Waals surface area contributed by atoms with Gasteiger partial charge in [0.25, 0.3) is 0 Å². The Hall–Kier alpha value is -2.32. The molecule has 0 aliphatic rings. The lowest BCUT2D eigenvalue weighted by molar-refractivity contribution is -0.403. The van der Waals surface area contributed by atoms with E-state index in [0.29, 0.717) is 5.57 Å². The maximum atomic E-state index is 10.5. The van der Waals surface area contributed by atoms with Gasteiger partial charge in [-0.1, -0.05) is 11.3 Å². The number of nitrogens with zero attached hydrogens (tertiary/aromatic N) is 5. The zero-order valence-corrected chi connectivity index (χ0v) is 7.78. The Kier molecular flexibility index (Phi) is 2.74. The summed E-state index contributed by atoms with van der Waals surface area (Å²) < 4.78 is 0.834. The molecule has 0 aliphatic heterocycles. The van der Waals surface area contributed by atoms with Crippen LogP contribution in [0.2, 0.25) is 0 Å². The molecule has 1 aromatic rings. The average Bonchev–Trinajstić information content (AvgIpc) is 2.46. The number of rotatable bonds is 4. The second-order valence-corrected chi connectivity index (χ2v) is 2.84. The second-order valence-electron chi connectivity index (χ2n) is 2.84. The molecule has 0 fully saturated rings. The summed E-state index contributed by atoms with van der Waals surface area (Å²) in [7, 11) is 0. The molecule has 9 nitrogen and oxygen atoms in total. The Morgan fingerprint density at radius 3 is 2.47 bits per heavy atom. The Morgan fingerprint density at radius 2 is 2.07 bits per heavy atom. The van der Waals surface area contributed by atoms with Crippen molar-refractivity contribution < 1.29 is 9.85 Å². The summed E-state index contributed by atoms with van der Waals surface area (Å²) in [6.07, 6.45) is 0. The highest BCUT2D eigenvalue weighted by atomic mass is 16.6. The quantitative estimate of drug-likeness (QED) is 0.412. The van der Waals surface area contributed by atoms with Gasteiger partial charge in [0.2, 0.25) is 0 Å². The summed E-state index contributed by atoms with van der Waals surface area (Å²) in [4.78, 5) is 22.2. The van der Waals surface area contributed by atoms with Gasteiger partial charge in [0.05, 0.1) is 5.10 Å². The lowest BCUT2D eigenvalue weighted by atomic mass is 10.4. The third-order valence-electron chi connectivity index (χ3n) is 1.39. The Balaban J connectivity index is 3.17. The zero-order valence-electron chi connectivity index (χ0n) is 7.78. The van der Waals surface area contributed by atoms with E-state index in [-0.39, 0.29) is 6.54 Å². The Morgan fingerprint density at radius 1 is 1.47 bits per heavy atom. The SMILES string of the molecule is C=C(C)Cn1nc([N+](=O)[O-])nc1[N+](=O)[O-]. The standard InChI is InChI=1S/C6H7N5O4/c1-4(2)3-9-6(11(14)15)7-5(8-9)10(12)13/h1,3H2,2H3. The van der Waals surface area contributed by atoms with Gasteiger partial charge < -0.3 is 20.2 Å². The van der Waals surface area contributed by atoms with Crippen molar-refractivity contribution in [1.82, 2.24) is 14.8 Å².